The van der Waals surface area contributed by atoms with Crippen molar-refractivity contribution >= 4 is 0 Å². The second kappa shape index (κ2) is 8.14. The Hall–Kier alpha value is -1.11. The van der Waals surface area contributed by atoms with Gasteiger partial charge in [-0.05, 0) is 24.6 Å². The maximum absolute atomic E-state index is 12.5. The van der Waals surface area contributed by atoms with Crippen LogP contribution in [0.25, 0.3) is 0 Å². The van der Waals surface area contributed by atoms with Crippen LogP contribution >= 0.6 is 0 Å². The minimum atomic E-state index is -4.30. The summed E-state index contributed by atoms with van der Waals surface area (Å²) in [5.74, 6) is 0. The molecule has 0 saturated carbocycles. The number of nitrogens with one attached hydrogen (secondary N) is 1. The highest BCUT2D eigenvalue weighted by molar-refractivity contribution is 5.25. The van der Waals surface area contributed by atoms with Crippen molar-refractivity contribution in [2.45, 2.75) is 19.1 Å². The smallest absolute Gasteiger partial charge is 0.394 e. The van der Waals surface area contributed by atoms with E-state index in [1.807, 2.05) is 0 Å². The summed E-state index contributed by atoms with van der Waals surface area (Å²) in [5.41, 5.74) is -0.0239. The number of hydrogen-bond acceptors (Lipinski definition) is 3. The van der Waals surface area contributed by atoms with Gasteiger partial charge in [0.2, 0.25) is 0 Å². The van der Waals surface area contributed by atoms with Gasteiger partial charge in [0.1, 0.15) is 0 Å². The average molecular weight is 277 g/mol. The molecule has 0 atom stereocenters. The largest absolute Gasteiger partial charge is 0.416 e. The summed E-state index contributed by atoms with van der Waals surface area (Å²) in [6.07, 6.45) is -3.55. The normalized spacial score (nSPS) is 11.8. The van der Waals surface area contributed by atoms with Gasteiger partial charge in [0.25, 0.3) is 0 Å². The van der Waals surface area contributed by atoms with E-state index in [0.717, 1.165) is 18.6 Å². The van der Waals surface area contributed by atoms with Gasteiger partial charge >= 0.3 is 6.18 Å². The van der Waals surface area contributed by atoms with Crippen molar-refractivity contribution in [2.24, 2.45) is 0 Å². The molecule has 1 rings (SSSR count). The van der Waals surface area contributed by atoms with Gasteiger partial charge in [0.15, 0.2) is 0 Å². The highest BCUT2D eigenvalue weighted by atomic mass is 19.4. The van der Waals surface area contributed by atoms with Crippen LogP contribution in [0.4, 0.5) is 13.2 Å². The van der Waals surface area contributed by atoms with Gasteiger partial charge in [-0.25, -0.2) is 0 Å². The molecule has 0 aliphatic carbocycles. The second-order valence-electron chi connectivity index (χ2n) is 4.06. The van der Waals surface area contributed by atoms with Gasteiger partial charge < -0.3 is 15.2 Å². The molecule has 0 spiro atoms. The number of alkyl halides is 3. The third-order valence-electron chi connectivity index (χ3n) is 2.46. The molecule has 0 aliphatic heterocycles. The molecule has 0 radical (unpaired) electrons. The Morgan fingerprint density at radius 3 is 2.68 bits per heavy atom. The number of ether oxygens (including phenoxy) is 1. The maximum Gasteiger partial charge on any atom is 0.416 e. The van der Waals surface area contributed by atoms with Gasteiger partial charge in [-0.3, -0.25) is 0 Å². The first-order valence-electron chi connectivity index (χ1n) is 6.09. The molecule has 1 aromatic carbocycles. The number of halogens is 3. The first-order valence-corrected chi connectivity index (χ1v) is 6.09. The van der Waals surface area contributed by atoms with Gasteiger partial charge in [-0.15, -0.1) is 0 Å². The van der Waals surface area contributed by atoms with Gasteiger partial charge in [-0.1, -0.05) is 18.2 Å². The van der Waals surface area contributed by atoms with E-state index in [4.69, 9.17) is 9.84 Å². The van der Waals surface area contributed by atoms with Gasteiger partial charge in [0.05, 0.1) is 18.8 Å². The van der Waals surface area contributed by atoms with Crippen molar-refractivity contribution in [2.75, 3.05) is 26.4 Å². The Balaban J connectivity index is 2.26. The summed E-state index contributed by atoms with van der Waals surface area (Å²) in [6.45, 7) is 1.88. The minimum Gasteiger partial charge on any atom is -0.394 e. The lowest BCUT2D eigenvalue weighted by atomic mass is 10.1. The molecule has 19 heavy (non-hydrogen) atoms. The second-order valence-corrected chi connectivity index (χ2v) is 4.06. The molecule has 0 amide bonds. The molecule has 0 saturated heterocycles. The molecule has 0 unspecified atom stereocenters. The van der Waals surface area contributed by atoms with Crippen LogP contribution < -0.4 is 5.32 Å². The van der Waals surface area contributed by atoms with Gasteiger partial charge in [0, 0.05) is 13.2 Å². The van der Waals surface area contributed by atoms with E-state index < -0.39 is 11.7 Å². The zero-order chi connectivity index (χ0) is 14.1. The number of aliphatic hydroxyl groups excluding tert-OH is 1. The summed E-state index contributed by atoms with van der Waals surface area (Å²) < 4.78 is 42.5. The zero-order valence-electron chi connectivity index (χ0n) is 10.5. The Bertz CT molecular complexity index is 369. The monoisotopic (exact) mass is 277 g/mol. The first kappa shape index (κ1) is 15.9. The molecule has 0 aliphatic rings. The Morgan fingerprint density at radius 2 is 2.00 bits per heavy atom. The van der Waals surface area contributed by atoms with Crippen molar-refractivity contribution in [3.05, 3.63) is 35.4 Å². The van der Waals surface area contributed by atoms with Crippen molar-refractivity contribution in [3.8, 4) is 0 Å². The molecule has 2 N–H and O–H groups in total. The molecule has 108 valence electrons. The van der Waals surface area contributed by atoms with Crippen LogP contribution in [-0.4, -0.2) is 31.5 Å². The van der Waals surface area contributed by atoms with Crippen molar-refractivity contribution in [1.82, 2.24) is 5.32 Å². The lowest BCUT2D eigenvalue weighted by Gasteiger charge is -2.09. The molecule has 6 heteroatoms. The van der Waals surface area contributed by atoms with Crippen LogP contribution in [0, 0.1) is 0 Å². The third kappa shape index (κ3) is 6.56. The highest BCUT2D eigenvalue weighted by Crippen LogP contribution is 2.29. The molecular formula is C13H18F3NO2. The van der Waals surface area contributed by atoms with Crippen LogP contribution in [0.15, 0.2) is 24.3 Å². The number of rotatable bonds is 8. The predicted molar refractivity (Wildman–Crippen MR) is 65.7 cm³/mol. The standard InChI is InChI=1S/C13H18F3NO2/c14-13(15,16)12-4-1-3-11(9-12)10-17-5-2-7-19-8-6-18/h1,3-4,9,17-18H,2,5-8,10H2. The number of aliphatic hydroxyl groups is 1. The maximum atomic E-state index is 12.5. The summed E-state index contributed by atoms with van der Waals surface area (Å²) in [5, 5.41) is 11.5. The lowest BCUT2D eigenvalue weighted by Crippen LogP contribution is -2.17. The fourth-order valence-electron chi connectivity index (χ4n) is 1.56. The molecule has 0 bridgehead atoms. The van der Waals surface area contributed by atoms with E-state index in [-0.39, 0.29) is 6.61 Å². The predicted octanol–water partition coefficient (Wildman–Crippen LogP) is 2.19. The minimum absolute atomic E-state index is 0.00232. The van der Waals surface area contributed by atoms with Crippen LogP contribution in [0.1, 0.15) is 17.5 Å². The van der Waals surface area contributed by atoms with E-state index in [1.165, 1.54) is 6.07 Å². The fraction of sp³-hybridized carbons (Fsp3) is 0.538. The summed E-state index contributed by atoms with van der Waals surface area (Å²) in [7, 11) is 0. The Morgan fingerprint density at radius 1 is 1.21 bits per heavy atom. The van der Waals surface area contributed by atoms with Crippen LogP contribution in [0.5, 0.6) is 0 Å². The fourth-order valence-corrected chi connectivity index (χ4v) is 1.56. The average Bonchev–Trinajstić information content (AvgIpc) is 2.37. The lowest BCUT2D eigenvalue weighted by molar-refractivity contribution is -0.137. The Kier molecular flexibility index (Phi) is 6.83. The van der Waals surface area contributed by atoms with Gasteiger partial charge in [-0.2, -0.15) is 13.2 Å². The van der Waals surface area contributed by atoms with E-state index in [0.29, 0.717) is 31.9 Å². The van der Waals surface area contributed by atoms with Crippen LogP contribution in [0.3, 0.4) is 0 Å². The topological polar surface area (TPSA) is 41.5 Å². The van der Waals surface area contributed by atoms with Crippen molar-refractivity contribution in [3.63, 3.8) is 0 Å². The number of benzene rings is 1. The van der Waals surface area contributed by atoms with Crippen molar-refractivity contribution in [1.29, 1.82) is 0 Å². The summed E-state index contributed by atoms with van der Waals surface area (Å²) in [6, 6.07) is 5.27. The van der Waals surface area contributed by atoms with Crippen LogP contribution in [-0.2, 0) is 17.5 Å². The quantitative estimate of drug-likeness (QED) is 0.716. The zero-order valence-corrected chi connectivity index (χ0v) is 10.5. The molecular weight excluding hydrogens is 259 g/mol. The first-order chi connectivity index (χ1) is 9.04. The highest BCUT2D eigenvalue weighted by Gasteiger charge is 2.30. The number of hydrogen-bond donors (Lipinski definition) is 2. The van der Waals surface area contributed by atoms with E-state index in [2.05, 4.69) is 5.32 Å². The SMILES string of the molecule is OCCOCCCNCc1cccc(C(F)(F)F)c1. The molecule has 3 nitrogen and oxygen atoms in total. The Labute approximate surface area is 110 Å². The van der Waals surface area contributed by atoms with Crippen LogP contribution in [0.2, 0.25) is 0 Å². The van der Waals surface area contributed by atoms with Crippen molar-refractivity contribution < 1.29 is 23.0 Å². The van der Waals surface area contributed by atoms with E-state index in [9.17, 15) is 13.2 Å². The van der Waals surface area contributed by atoms with E-state index >= 15 is 0 Å². The van der Waals surface area contributed by atoms with E-state index in [1.54, 1.807) is 6.07 Å². The summed E-state index contributed by atoms with van der Waals surface area (Å²) in [4.78, 5) is 0. The molecule has 0 heterocycles. The molecule has 1 aromatic rings. The molecule has 0 aromatic heterocycles. The third-order valence-corrected chi connectivity index (χ3v) is 2.46. The summed E-state index contributed by atoms with van der Waals surface area (Å²) >= 11 is 0. The molecule has 0 fully saturated rings.